The molecule has 0 bridgehead atoms. The maximum Gasteiger partial charge on any atom is 0.249 e. The van der Waals surface area contributed by atoms with Gasteiger partial charge in [0.1, 0.15) is 11.8 Å². The molecule has 0 spiro atoms. The van der Waals surface area contributed by atoms with Crippen LogP contribution in [0.5, 0.6) is 5.75 Å². The Kier molecular flexibility index (Phi) is 5.82. The molecular weight excluding hydrogens is 384 g/mol. The van der Waals surface area contributed by atoms with Crippen molar-refractivity contribution in [2.75, 3.05) is 0 Å². The van der Waals surface area contributed by atoms with E-state index < -0.39 is 6.04 Å². The fourth-order valence-corrected chi connectivity index (χ4v) is 5.25. The maximum atomic E-state index is 13.1. The van der Waals surface area contributed by atoms with Gasteiger partial charge in [-0.25, -0.2) is 0 Å². The number of hydrogen-bond acceptors (Lipinski definition) is 3. The molecule has 0 saturated heterocycles. The van der Waals surface area contributed by atoms with Gasteiger partial charge in [0, 0.05) is 16.8 Å². The lowest BCUT2D eigenvalue weighted by molar-refractivity contribution is -0.122. The molecule has 1 heterocycles. The summed E-state index contributed by atoms with van der Waals surface area (Å²) in [6.07, 6.45) is 8.93. The summed E-state index contributed by atoms with van der Waals surface area (Å²) in [5.41, 5.74) is 3.49. The van der Waals surface area contributed by atoms with E-state index >= 15 is 0 Å². The molecule has 0 aromatic heterocycles. The summed E-state index contributed by atoms with van der Waals surface area (Å²) in [5, 5.41) is 12.7. The molecule has 4 rings (SSSR count). The number of nitrogens with one attached hydrogen (secondary N) is 1. The first-order valence-corrected chi connectivity index (χ1v) is 11.1. The Morgan fingerprint density at radius 3 is 2.55 bits per heavy atom. The number of carbonyl (C=O) groups excluding carboxylic acids is 1. The highest BCUT2D eigenvalue weighted by Crippen LogP contribution is 2.38. The molecule has 4 atom stereocenters. The number of hydrogen-bond donors (Lipinski definition) is 2. The van der Waals surface area contributed by atoms with E-state index in [-0.39, 0.29) is 17.0 Å². The molecule has 1 aromatic carbocycles. The number of halogens is 1. The van der Waals surface area contributed by atoms with Crippen molar-refractivity contribution in [3.63, 3.8) is 0 Å². The molecule has 1 aromatic rings. The Balaban J connectivity index is 1.72. The second kappa shape index (κ2) is 8.35. The molecule has 29 heavy (non-hydrogen) atoms. The standard InChI is InChI=1S/C24H29ClN2O2/c1-14-4-3-5-15(2)19(14)13-22-24(29)27-21-11-8-17(25)12-20(21)23(26-22)16-6-9-18(28)10-7-16/h6-11,14-15,17,19,22,28H,3-5,12-13H2,1-2H3,(H,27,29). The van der Waals surface area contributed by atoms with Crippen LogP contribution in [0.25, 0.3) is 0 Å². The van der Waals surface area contributed by atoms with E-state index in [4.69, 9.17) is 16.6 Å². The highest BCUT2D eigenvalue weighted by molar-refractivity contribution is 6.23. The molecular formula is C24H29ClN2O2. The van der Waals surface area contributed by atoms with Crippen molar-refractivity contribution in [2.45, 2.75) is 57.4 Å². The lowest BCUT2D eigenvalue weighted by atomic mass is 9.71. The summed E-state index contributed by atoms with van der Waals surface area (Å²) < 4.78 is 0. The largest absolute Gasteiger partial charge is 0.508 e. The van der Waals surface area contributed by atoms with Crippen LogP contribution in [0.4, 0.5) is 0 Å². The SMILES string of the molecule is CC1CCCC(C)C1CC1N=C(c2ccc(O)cc2)C2=C(C=CC(Cl)C2)NC1=O. The molecule has 5 heteroatoms. The summed E-state index contributed by atoms with van der Waals surface area (Å²) in [7, 11) is 0. The number of allylic oxidation sites excluding steroid dienone is 3. The van der Waals surface area contributed by atoms with Crippen molar-refractivity contribution in [3.05, 3.63) is 53.3 Å². The second-order valence-electron chi connectivity index (χ2n) is 8.79. The van der Waals surface area contributed by atoms with Gasteiger partial charge >= 0.3 is 0 Å². The molecule has 4 nitrogen and oxygen atoms in total. The lowest BCUT2D eigenvalue weighted by Crippen LogP contribution is -2.36. The fraction of sp³-hybridized carbons (Fsp3) is 0.500. The average molecular weight is 413 g/mol. The molecule has 4 unspecified atom stereocenters. The van der Waals surface area contributed by atoms with Crippen LogP contribution >= 0.6 is 11.6 Å². The van der Waals surface area contributed by atoms with E-state index in [1.807, 2.05) is 24.3 Å². The number of nitrogens with zero attached hydrogens (tertiary/aromatic N) is 1. The van der Waals surface area contributed by atoms with Gasteiger partial charge in [0.2, 0.25) is 5.91 Å². The smallest absolute Gasteiger partial charge is 0.249 e. The van der Waals surface area contributed by atoms with Gasteiger partial charge in [-0.3, -0.25) is 9.79 Å². The Labute approximate surface area is 177 Å². The summed E-state index contributed by atoms with van der Waals surface area (Å²) in [6, 6.07) is 6.63. The van der Waals surface area contributed by atoms with Crippen molar-refractivity contribution in [3.8, 4) is 5.75 Å². The van der Waals surface area contributed by atoms with E-state index in [0.29, 0.717) is 24.2 Å². The predicted octanol–water partition coefficient (Wildman–Crippen LogP) is 4.96. The van der Waals surface area contributed by atoms with E-state index in [2.05, 4.69) is 19.2 Å². The van der Waals surface area contributed by atoms with Crippen LogP contribution in [0, 0.1) is 17.8 Å². The van der Waals surface area contributed by atoms with Crippen LogP contribution in [0.2, 0.25) is 0 Å². The maximum absolute atomic E-state index is 13.1. The Hall–Kier alpha value is -2.07. The summed E-state index contributed by atoms with van der Waals surface area (Å²) in [6.45, 7) is 4.62. The lowest BCUT2D eigenvalue weighted by Gasteiger charge is -2.35. The minimum atomic E-state index is -0.417. The van der Waals surface area contributed by atoms with Gasteiger partial charge in [-0.05, 0) is 60.9 Å². The van der Waals surface area contributed by atoms with Crippen LogP contribution in [-0.4, -0.2) is 28.1 Å². The number of rotatable bonds is 3. The van der Waals surface area contributed by atoms with Crippen LogP contribution < -0.4 is 5.32 Å². The van der Waals surface area contributed by atoms with E-state index in [1.54, 1.807) is 12.1 Å². The molecule has 3 aliphatic rings. The van der Waals surface area contributed by atoms with Crippen molar-refractivity contribution < 1.29 is 9.90 Å². The minimum absolute atomic E-state index is 0.0334. The van der Waals surface area contributed by atoms with E-state index in [0.717, 1.165) is 29.0 Å². The summed E-state index contributed by atoms with van der Waals surface area (Å²) >= 11 is 6.41. The van der Waals surface area contributed by atoms with Gasteiger partial charge in [0.15, 0.2) is 0 Å². The van der Waals surface area contributed by atoms with Crippen LogP contribution in [0.3, 0.4) is 0 Å². The third kappa shape index (κ3) is 4.28. The quantitative estimate of drug-likeness (QED) is 0.689. The predicted molar refractivity (Wildman–Crippen MR) is 117 cm³/mol. The van der Waals surface area contributed by atoms with Gasteiger partial charge in [0.25, 0.3) is 0 Å². The normalized spacial score (nSPS) is 32.3. The van der Waals surface area contributed by atoms with Crippen LogP contribution in [0.15, 0.2) is 52.7 Å². The van der Waals surface area contributed by atoms with Crippen molar-refractivity contribution in [1.29, 1.82) is 0 Å². The van der Waals surface area contributed by atoms with Crippen molar-refractivity contribution >= 4 is 23.2 Å². The molecule has 2 N–H and O–H groups in total. The number of amides is 1. The highest BCUT2D eigenvalue weighted by atomic mass is 35.5. The number of carbonyl (C=O) groups is 1. The average Bonchev–Trinajstić information content (AvgIpc) is 2.82. The first kappa shape index (κ1) is 20.2. The fourth-order valence-electron chi connectivity index (χ4n) is 5.03. The Morgan fingerprint density at radius 1 is 1.17 bits per heavy atom. The molecule has 154 valence electrons. The summed E-state index contributed by atoms with van der Waals surface area (Å²) in [4.78, 5) is 18.1. The van der Waals surface area contributed by atoms with Crippen LogP contribution in [-0.2, 0) is 4.79 Å². The Morgan fingerprint density at radius 2 is 1.86 bits per heavy atom. The monoisotopic (exact) mass is 412 g/mol. The molecule has 1 fully saturated rings. The van der Waals surface area contributed by atoms with Crippen LogP contribution in [0.1, 0.15) is 51.5 Å². The first-order chi connectivity index (χ1) is 13.9. The number of benzene rings is 1. The molecule has 1 aliphatic heterocycles. The highest BCUT2D eigenvalue weighted by Gasteiger charge is 2.35. The Bertz CT molecular complexity index is 861. The second-order valence-corrected chi connectivity index (χ2v) is 9.35. The zero-order valence-corrected chi connectivity index (χ0v) is 17.8. The number of aliphatic imine (C=N–C) groups is 1. The van der Waals surface area contributed by atoms with E-state index in [9.17, 15) is 9.90 Å². The van der Waals surface area contributed by atoms with E-state index in [1.165, 1.54) is 19.3 Å². The molecule has 1 saturated carbocycles. The topological polar surface area (TPSA) is 61.7 Å². The number of phenolic OH excluding ortho intramolecular Hbond substituents is 1. The van der Waals surface area contributed by atoms with Gasteiger partial charge in [-0.2, -0.15) is 0 Å². The third-order valence-corrected chi connectivity index (χ3v) is 7.04. The van der Waals surface area contributed by atoms with Gasteiger partial charge in [-0.1, -0.05) is 39.2 Å². The zero-order chi connectivity index (χ0) is 20.5. The van der Waals surface area contributed by atoms with Gasteiger partial charge < -0.3 is 10.4 Å². The molecule has 2 aliphatic carbocycles. The molecule has 1 amide bonds. The third-order valence-electron chi connectivity index (χ3n) is 6.74. The first-order valence-electron chi connectivity index (χ1n) is 10.7. The number of aromatic hydroxyl groups is 1. The van der Waals surface area contributed by atoms with Crippen molar-refractivity contribution in [2.24, 2.45) is 22.7 Å². The number of phenols is 1. The summed E-state index contributed by atoms with van der Waals surface area (Å²) in [5.74, 6) is 1.89. The zero-order valence-electron chi connectivity index (χ0n) is 17.1. The van der Waals surface area contributed by atoms with Crippen molar-refractivity contribution in [1.82, 2.24) is 5.32 Å². The van der Waals surface area contributed by atoms with Gasteiger partial charge in [-0.15, -0.1) is 11.6 Å². The minimum Gasteiger partial charge on any atom is -0.508 e. The molecule has 0 radical (unpaired) electrons. The van der Waals surface area contributed by atoms with Gasteiger partial charge in [0.05, 0.1) is 11.1 Å². The number of alkyl halides is 1.